The normalized spacial score (nSPS) is 51.4. The molecule has 1 nitrogen and oxygen atoms in total. The van der Waals surface area contributed by atoms with Crippen LogP contribution in [0.5, 0.6) is 0 Å². The van der Waals surface area contributed by atoms with Gasteiger partial charge in [-0.1, -0.05) is 45.8 Å². The van der Waals surface area contributed by atoms with Crippen molar-refractivity contribution in [2.75, 3.05) is 0 Å². The fourth-order valence-electron chi connectivity index (χ4n) is 10.3. The summed E-state index contributed by atoms with van der Waals surface area (Å²) in [6.45, 7) is 15.1. The van der Waals surface area contributed by atoms with Crippen LogP contribution in [0.1, 0.15) is 106 Å². The van der Waals surface area contributed by atoms with Gasteiger partial charge in [0.05, 0.1) is 6.10 Å². The van der Waals surface area contributed by atoms with Crippen LogP contribution in [-0.4, -0.2) is 11.2 Å². The maximum atomic E-state index is 10.3. The van der Waals surface area contributed by atoms with Crippen molar-refractivity contribution in [3.63, 3.8) is 0 Å². The average Bonchev–Trinajstić information content (AvgIpc) is 3.17. The van der Waals surface area contributed by atoms with Crippen molar-refractivity contribution in [3.8, 4) is 0 Å². The molecule has 4 saturated carbocycles. The van der Waals surface area contributed by atoms with Gasteiger partial charge in [0.1, 0.15) is 0 Å². The summed E-state index contributed by atoms with van der Waals surface area (Å²) in [5.41, 5.74) is 4.63. The van der Waals surface area contributed by atoms with Crippen LogP contribution in [0.15, 0.2) is 11.1 Å². The molecule has 0 heterocycles. The van der Waals surface area contributed by atoms with Crippen molar-refractivity contribution in [3.05, 3.63) is 11.1 Å². The van der Waals surface area contributed by atoms with Gasteiger partial charge in [0, 0.05) is 5.92 Å². The summed E-state index contributed by atoms with van der Waals surface area (Å²) in [4.78, 5) is 0. The Kier molecular flexibility index (Phi) is 5.28. The highest BCUT2D eigenvalue weighted by Gasteiger charge is 2.60. The molecule has 1 N–H and O–H groups in total. The third kappa shape index (κ3) is 3.11. The lowest BCUT2D eigenvalue weighted by Gasteiger charge is -2.61. The van der Waals surface area contributed by atoms with Gasteiger partial charge in [-0.15, -0.1) is 0 Å². The summed E-state index contributed by atoms with van der Waals surface area (Å²) in [6.07, 6.45) is 13.7. The van der Waals surface area contributed by atoms with Crippen LogP contribution in [-0.2, 0) is 0 Å². The summed E-state index contributed by atoms with van der Waals surface area (Å²) in [5.74, 6) is 7.12. The van der Waals surface area contributed by atoms with E-state index in [2.05, 4.69) is 41.5 Å². The quantitative estimate of drug-likeness (QED) is 0.470. The van der Waals surface area contributed by atoms with E-state index in [9.17, 15) is 5.11 Å². The number of allylic oxidation sites excluding steroid dienone is 2. The van der Waals surface area contributed by atoms with Gasteiger partial charge in [-0.2, -0.15) is 0 Å². The Morgan fingerprint density at radius 1 is 0.900 bits per heavy atom. The van der Waals surface area contributed by atoms with Crippen molar-refractivity contribution in [1.82, 2.24) is 0 Å². The van der Waals surface area contributed by atoms with Crippen LogP contribution in [0, 0.1) is 58.2 Å². The molecule has 10 atom stereocenters. The molecule has 4 fully saturated rings. The zero-order valence-electron chi connectivity index (χ0n) is 20.7. The van der Waals surface area contributed by atoms with Crippen LogP contribution in [0.3, 0.4) is 0 Å². The van der Waals surface area contributed by atoms with Crippen molar-refractivity contribution in [2.24, 2.45) is 58.2 Å². The van der Waals surface area contributed by atoms with Crippen molar-refractivity contribution in [1.29, 1.82) is 0 Å². The molecule has 0 saturated heterocycles. The SMILES string of the molecule is CC1=C(C(C)C)[C@@H]1C[C@@H](C)C1CCC2C3CC[C@@H]4C[C@@H](O)CC[C@]4(C)C3CC[C@@]21C. The van der Waals surface area contributed by atoms with Gasteiger partial charge in [0.25, 0.3) is 0 Å². The van der Waals surface area contributed by atoms with E-state index in [-0.39, 0.29) is 6.10 Å². The predicted octanol–water partition coefficient (Wildman–Crippen LogP) is 7.63. The highest BCUT2D eigenvalue weighted by atomic mass is 16.3. The van der Waals surface area contributed by atoms with E-state index in [0.717, 1.165) is 60.2 Å². The summed E-state index contributed by atoms with van der Waals surface area (Å²) >= 11 is 0. The summed E-state index contributed by atoms with van der Waals surface area (Å²) in [7, 11) is 0. The van der Waals surface area contributed by atoms with Gasteiger partial charge < -0.3 is 5.11 Å². The van der Waals surface area contributed by atoms with E-state index < -0.39 is 0 Å². The van der Waals surface area contributed by atoms with Crippen LogP contribution >= 0.6 is 0 Å². The second-order valence-electron chi connectivity index (χ2n) is 13.4. The Balaban J connectivity index is 1.30. The second-order valence-corrected chi connectivity index (χ2v) is 13.4. The van der Waals surface area contributed by atoms with Crippen LogP contribution < -0.4 is 0 Å². The Labute approximate surface area is 186 Å². The van der Waals surface area contributed by atoms with Crippen LogP contribution in [0.25, 0.3) is 0 Å². The number of hydrogen-bond donors (Lipinski definition) is 1. The van der Waals surface area contributed by atoms with Crippen LogP contribution in [0.2, 0.25) is 0 Å². The van der Waals surface area contributed by atoms with Crippen molar-refractivity contribution < 1.29 is 5.11 Å². The molecule has 0 aromatic rings. The molecule has 0 aromatic carbocycles. The molecule has 30 heavy (non-hydrogen) atoms. The van der Waals surface area contributed by atoms with Crippen LogP contribution in [0.4, 0.5) is 0 Å². The molecule has 170 valence electrons. The summed E-state index contributed by atoms with van der Waals surface area (Å²) in [6, 6.07) is 0. The molecule has 0 aliphatic heterocycles. The number of aliphatic hydroxyl groups is 1. The fourth-order valence-corrected chi connectivity index (χ4v) is 10.3. The van der Waals surface area contributed by atoms with Gasteiger partial charge in [-0.25, -0.2) is 0 Å². The molecule has 0 aromatic heterocycles. The highest BCUT2D eigenvalue weighted by Crippen LogP contribution is 2.68. The fraction of sp³-hybridized carbons (Fsp3) is 0.931. The Morgan fingerprint density at radius 2 is 1.60 bits per heavy atom. The molecule has 5 aliphatic carbocycles. The molecule has 0 radical (unpaired) electrons. The van der Waals surface area contributed by atoms with Crippen molar-refractivity contribution in [2.45, 2.75) is 112 Å². The Hall–Kier alpha value is -0.300. The first-order chi connectivity index (χ1) is 14.2. The first-order valence-electron chi connectivity index (χ1n) is 13.6. The van der Waals surface area contributed by atoms with Gasteiger partial charge in [-0.3, -0.25) is 0 Å². The molecular formula is C29H48O. The monoisotopic (exact) mass is 412 g/mol. The predicted molar refractivity (Wildman–Crippen MR) is 126 cm³/mol. The minimum Gasteiger partial charge on any atom is -0.393 e. The lowest BCUT2D eigenvalue weighted by atomic mass is 9.44. The number of aliphatic hydroxyl groups excluding tert-OH is 1. The van der Waals surface area contributed by atoms with Crippen molar-refractivity contribution >= 4 is 0 Å². The summed E-state index contributed by atoms with van der Waals surface area (Å²) in [5, 5.41) is 10.3. The minimum atomic E-state index is -0.0135. The zero-order valence-corrected chi connectivity index (χ0v) is 20.7. The maximum absolute atomic E-state index is 10.3. The zero-order chi connectivity index (χ0) is 21.4. The van der Waals surface area contributed by atoms with E-state index in [0.29, 0.717) is 10.8 Å². The van der Waals surface area contributed by atoms with E-state index >= 15 is 0 Å². The van der Waals surface area contributed by atoms with E-state index in [4.69, 9.17) is 0 Å². The standard InChI is InChI=1S/C29H48O/c1-17(2)27-19(4)23(27)15-18(3)24-9-10-25-22-8-7-20-16-21(30)11-13-28(20,5)26(22)12-14-29(24,25)6/h17-18,20-26,30H,7-16H2,1-6H3/t18-,20-,21+,22?,23-,24?,25?,26?,28+,29-/m1/s1. The smallest absolute Gasteiger partial charge is 0.0543 e. The molecule has 0 bridgehead atoms. The molecule has 4 unspecified atom stereocenters. The first-order valence-corrected chi connectivity index (χ1v) is 13.6. The molecule has 5 aliphatic rings. The third-order valence-electron chi connectivity index (χ3n) is 11.9. The highest BCUT2D eigenvalue weighted by molar-refractivity contribution is 5.40. The third-order valence-corrected chi connectivity index (χ3v) is 11.9. The first kappa shape index (κ1) is 21.5. The minimum absolute atomic E-state index is 0.0135. The molecule has 0 amide bonds. The van der Waals surface area contributed by atoms with E-state index in [1.807, 2.05) is 0 Å². The van der Waals surface area contributed by atoms with E-state index in [1.54, 1.807) is 11.1 Å². The number of fused-ring (bicyclic) bond motifs is 5. The lowest BCUT2D eigenvalue weighted by Crippen LogP contribution is -2.54. The van der Waals surface area contributed by atoms with Gasteiger partial charge in [-0.05, 0) is 123 Å². The van der Waals surface area contributed by atoms with Gasteiger partial charge in [0.2, 0.25) is 0 Å². The largest absolute Gasteiger partial charge is 0.393 e. The average molecular weight is 413 g/mol. The second kappa shape index (κ2) is 7.36. The molecular weight excluding hydrogens is 364 g/mol. The maximum Gasteiger partial charge on any atom is 0.0543 e. The molecule has 5 rings (SSSR count). The van der Waals surface area contributed by atoms with E-state index in [1.165, 1.54) is 51.4 Å². The molecule has 0 spiro atoms. The number of hydrogen-bond acceptors (Lipinski definition) is 1. The summed E-state index contributed by atoms with van der Waals surface area (Å²) < 4.78 is 0. The van der Waals surface area contributed by atoms with Gasteiger partial charge >= 0.3 is 0 Å². The Bertz CT molecular complexity index is 705. The topological polar surface area (TPSA) is 20.2 Å². The Morgan fingerprint density at radius 3 is 2.30 bits per heavy atom. The number of rotatable bonds is 4. The lowest BCUT2D eigenvalue weighted by molar-refractivity contribution is -0.129. The van der Waals surface area contributed by atoms with Gasteiger partial charge in [0.15, 0.2) is 0 Å². The molecule has 1 heteroatoms.